The van der Waals surface area contributed by atoms with Gasteiger partial charge in [0, 0.05) is 23.9 Å². The molecule has 34 heavy (non-hydrogen) atoms. The summed E-state index contributed by atoms with van der Waals surface area (Å²) in [6.07, 6.45) is 0. The van der Waals surface area contributed by atoms with Gasteiger partial charge in [0.05, 0.1) is 32.1 Å². The van der Waals surface area contributed by atoms with Crippen LogP contribution in [-0.4, -0.2) is 32.6 Å². The van der Waals surface area contributed by atoms with Crippen LogP contribution in [0.3, 0.4) is 0 Å². The van der Waals surface area contributed by atoms with Crippen molar-refractivity contribution in [2.24, 2.45) is 0 Å². The van der Waals surface area contributed by atoms with Gasteiger partial charge in [0.15, 0.2) is 0 Å². The summed E-state index contributed by atoms with van der Waals surface area (Å²) < 4.78 is 29.6. The minimum atomic E-state index is -0.546. The van der Waals surface area contributed by atoms with Crippen LogP contribution in [0.1, 0.15) is 12.5 Å². The smallest absolute Gasteiger partial charge is 0.282 e. The van der Waals surface area contributed by atoms with Crippen molar-refractivity contribution < 1.29 is 28.2 Å². The van der Waals surface area contributed by atoms with Crippen LogP contribution in [0, 0.1) is 5.82 Å². The first-order valence-corrected chi connectivity index (χ1v) is 10.6. The van der Waals surface area contributed by atoms with Gasteiger partial charge in [0.25, 0.3) is 11.8 Å². The predicted molar refractivity (Wildman–Crippen MR) is 127 cm³/mol. The van der Waals surface area contributed by atoms with Crippen molar-refractivity contribution in [1.29, 1.82) is 0 Å². The number of rotatable bonds is 8. The van der Waals surface area contributed by atoms with Crippen LogP contribution < -0.4 is 24.4 Å². The van der Waals surface area contributed by atoms with Gasteiger partial charge in [-0.15, -0.1) is 0 Å². The summed E-state index contributed by atoms with van der Waals surface area (Å²) in [5.74, 6) is 0.112. The van der Waals surface area contributed by atoms with E-state index in [0.717, 1.165) is 4.90 Å². The Hall–Kier alpha value is -4.33. The second kappa shape index (κ2) is 9.66. The lowest BCUT2D eigenvalue weighted by Gasteiger charge is -2.16. The molecule has 0 atom stereocenters. The molecule has 174 valence electrons. The number of hydrogen-bond acceptors (Lipinski definition) is 6. The maximum atomic E-state index is 13.6. The zero-order valence-corrected chi connectivity index (χ0v) is 18.9. The van der Waals surface area contributed by atoms with Gasteiger partial charge in [-0.2, -0.15) is 0 Å². The lowest BCUT2D eigenvalue weighted by molar-refractivity contribution is -0.120. The molecule has 1 N–H and O–H groups in total. The Morgan fingerprint density at radius 1 is 0.824 bits per heavy atom. The van der Waals surface area contributed by atoms with Gasteiger partial charge < -0.3 is 19.5 Å². The lowest BCUT2D eigenvalue weighted by atomic mass is 10.0. The highest BCUT2D eigenvalue weighted by molar-refractivity contribution is 6.46. The average Bonchev–Trinajstić information content (AvgIpc) is 3.09. The Bertz CT molecular complexity index is 1230. The number of nitrogens with one attached hydrogen (secondary N) is 1. The number of hydrogen-bond donors (Lipinski definition) is 1. The number of amides is 2. The zero-order valence-electron chi connectivity index (χ0n) is 18.9. The fourth-order valence-electron chi connectivity index (χ4n) is 3.65. The number of carbonyl (C=O) groups excluding carboxylic acids is 2. The SMILES string of the molecule is CCOc1ccc(N2C(=O)C(Nc3cc(OC)cc(OC)c3)=C(c3ccc(F)cc3)C2=O)cc1. The Morgan fingerprint density at radius 2 is 1.44 bits per heavy atom. The van der Waals surface area contributed by atoms with E-state index in [1.807, 2.05) is 6.92 Å². The van der Waals surface area contributed by atoms with Crippen LogP contribution >= 0.6 is 0 Å². The molecular weight excluding hydrogens is 439 g/mol. The number of imide groups is 1. The minimum Gasteiger partial charge on any atom is -0.497 e. The Balaban J connectivity index is 1.78. The van der Waals surface area contributed by atoms with Crippen LogP contribution in [0.2, 0.25) is 0 Å². The van der Waals surface area contributed by atoms with Crippen LogP contribution in [0.4, 0.5) is 15.8 Å². The van der Waals surface area contributed by atoms with Gasteiger partial charge in [-0.1, -0.05) is 12.1 Å². The molecule has 0 radical (unpaired) electrons. The lowest BCUT2D eigenvalue weighted by Crippen LogP contribution is -2.32. The van der Waals surface area contributed by atoms with E-state index in [1.54, 1.807) is 42.5 Å². The van der Waals surface area contributed by atoms with Crippen molar-refractivity contribution in [3.8, 4) is 17.2 Å². The minimum absolute atomic E-state index is 0.0563. The molecule has 0 saturated heterocycles. The summed E-state index contributed by atoms with van der Waals surface area (Å²) in [4.78, 5) is 28.1. The third kappa shape index (κ3) is 4.43. The van der Waals surface area contributed by atoms with Crippen molar-refractivity contribution in [3.05, 3.63) is 83.8 Å². The Kier molecular flexibility index (Phi) is 6.49. The largest absolute Gasteiger partial charge is 0.497 e. The van der Waals surface area contributed by atoms with E-state index in [9.17, 15) is 14.0 Å². The van der Waals surface area contributed by atoms with E-state index >= 15 is 0 Å². The fraction of sp³-hybridized carbons (Fsp3) is 0.154. The summed E-state index contributed by atoms with van der Waals surface area (Å²) in [5.41, 5.74) is 1.46. The molecule has 7 nitrogen and oxygen atoms in total. The standard InChI is InChI=1S/C26H23FN2O5/c1-4-34-20-11-9-19(10-12-20)29-25(30)23(16-5-7-17(27)8-6-16)24(26(29)31)28-18-13-21(32-2)15-22(14-18)33-3/h5-15,28H,4H2,1-3H3. The maximum absolute atomic E-state index is 13.6. The summed E-state index contributed by atoms with van der Waals surface area (Å²) in [5, 5.41) is 3.05. The van der Waals surface area contributed by atoms with Gasteiger partial charge in [-0.3, -0.25) is 9.59 Å². The van der Waals surface area contributed by atoms with Gasteiger partial charge in [-0.25, -0.2) is 9.29 Å². The van der Waals surface area contributed by atoms with E-state index < -0.39 is 17.6 Å². The molecule has 0 bridgehead atoms. The zero-order chi connectivity index (χ0) is 24.2. The molecule has 3 aromatic rings. The highest BCUT2D eigenvalue weighted by Gasteiger charge is 2.40. The molecule has 0 aromatic heterocycles. The molecular formula is C26H23FN2O5. The third-order valence-electron chi connectivity index (χ3n) is 5.24. The molecule has 1 aliphatic heterocycles. The first-order valence-electron chi connectivity index (χ1n) is 10.6. The first-order chi connectivity index (χ1) is 16.4. The molecule has 4 rings (SSSR count). The van der Waals surface area contributed by atoms with Crippen LogP contribution in [-0.2, 0) is 9.59 Å². The highest BCUT2D eigenvalue weighted by atomic mass is 19.1. The van der Waals surface area contributed by atoms with Crippen LogP contribution in [0.15, 0.2) is 72.4 Å². The fourth-order valence-corrected chi connectivity index (χ4v) is 3.65. The molecule has 8 heteroatoms. The summed E-state index contributed by atoms with van der Waals surface area (Å²) >= 11 is 0. The van der Waals surface area contributed by atoms with E-state index in [0.29, 0.717) is 40.8 Å². The Morgan fingerprint density at radius 3 is 2.00 bits per heavy atom. The second-order valence-corrected chi connectivity index (χ2v) is 7.36. The number of benzene rings is 3. The number of carbonyl (C=O) groups is 2. The van der Waals surface area contributed by atoms with Crippen LogP contribution in [0.25, 0.3) is 5.57 Å². The van der Waals surface area contributed by atoms with E-state index in [1.165, 1.54) is 38.5 Å². The highest BCUT2D eigenvalue weighted by Crippen LogP contribution is 2.35. The van der Waals surface area contributed by atoms with Crippen LogP contribution in [0.5, 0.6) is 17.2 Å². The topological polar surface area (TPSA) is 77.1 Å². The Labute approximate surface area is 196 Å². The van der Waals surface area contributed by atoms with Gasteiger partial charge in [0.1, 0.15) is 28.8 Å². The van der Waals surface area contributed by atoms with Crippen molar-refractivity contribution in [3.63, 3.8) is 0 Å². The summed E-state index contributed by atoms with van der Waals surface area (Å²) in [6, 6.07) is 17.1. The molecule has 2 amide bonds. The van der Waals surface area contributed by atoms with E-state index in [-0.39, 0.29) is 11.3 Å². The van der Waals surface area contributed by atoms with E-state index in [2.05, 4.69) is 5.32 Å². The van der Waals surface area contributed by atoms with E-state index in [4.69, 9.17) is 14.2 Å². The quantitative estimate of drug-likeness (QED) is 0.492. The normalized spacial score (nSPS) is 13.4. The molecule has 0 spiro atoms. The van der Waals surface area contributed by atoms with Crippen molar-refractivity contribution in [2.45, 2.75) is 6.92 Å². The third-order valence-corrected chi connectivity index (χ3v) is 5.24. The average molecular weight is 462 g/mol. The van der Waals surface area contributed by atoms with Gasteiger partial charge in [0.2, 0.25) is 0 Å². The molecule has 0 saturated carbocycles. The predicted octanol–water partition coefficient (Wildman–Crippen LogP) is 4.64. The second-order valence-electron chi connectivity index (χ2n) is 7.36. The molecule has 0 fully saturated rings. The molecule has 0 aliphatic carbocycles. The van der Waals surface area contributed by atoms with Crippen molar-refractivity contribution >= 4 is 28.8 Å². The number of halogens is 1. The number of ether oxygens (including phenoxy) is 3. The molecule has 1 aliphatic rings. The van der Waals surface area contributed by atoms with Crippen molar-refractivity contribution in [2.75, 3.05) is 31.0 Å². The molecule has 3 aromatic carbocycles. The summed E-state index contributed by atoms with van der Waals surface area (Å²) in [7, 11) is 3.03. The molecule has 1 heterocycles. The van der Waals surface area contributed by atoms with Gasteiger partial charge in [-0.05, 0) is 48.9 Å². The molecule has 0 unspecified atom stereocenters. The van der Waals surface area contributed by atoms with Gasteiger partial charge >= 0.3 is 0 Å². The number of methoxy groups -OCH3 is 2. The number of anilines is 2. The van der Waals surface area contributed by atoms with Crippen molar-refractivity contribution in [1.82, 2.24) is 0 Å². The number of nitrogens with zero attached hydrogens (tertiary/aromatic N) is 1. The monoisotopic (exact) mass is 462 g/mol. The maximum Gasteiger partial charge on any atom is 0.282 e. The first kappa shape index (κ1) is 22.8. The summed E-state index contributed by atoms with van der Waals surface area (Å²) in [6.45, 7) is 2.36.